The number of ether oxygens (including phenoxy) is 1. The molecule has 1 aromatic heterocycles. The molecule has 3 heteroatoms. The van der Waals surface area contributed by atoms with Crippen LogP contribution in [-0.4, -0.2) is 12.0 Å². The number of rotatable bonds is 4. The van der Waals surface area contributed by atoms with E-state index in [2.05, 4.69) is 22.4 Å². The van der Waals surface area contributed by atoms with Crippen molar-refractivity contribution in [1.82, 2.24) is 10.3 Å². The summed E-state index contributed by atoms with van der Waals surface area (Å²) in [6, 6.07) is 18.1. The molecule has 21 heavy (non-hydrogen) atoms. The molecule has 0 saturated heterocycles. The van der Waals surface area contributed by atoms with Crippen LogP contribution < -0.4 is 10.1 Å². The first-order valence-electron chi connectivity index (χ1n) is 7.04. The van der Waals surface area contributed by atoms with Gasteiger partial charge >= 0.3 is 0 Å². The Morgan fingerprint density at radius 1 is 1.05 bits per heavy atom. The molecule has 0 bridgehead atoms. The highest BCUT2D eigenvalue weighted by Crippen LogP contribution is 2.29. The van der Waals surface area contributed by atoms with E-state index in [1.54, 1.807) is 0 Å². The van der Waals surface area contributed by atoms with Crippen molar-refractivity contribution < 1.29 is 4.74 Å². The predicted molar refractivity (Wildman–Crippen MR) is 85.8 cm³/mol. The van der Waals surface area contributed by atoms with Crippen LogP contribution in [-0.2, 0) is 6.54 Å². The van der Waals surface area contributed by atoms with Crippen molar-refractivity contribution >= 4 is 10.9 Å². The van der Waals surface area contributed by atoms with E-state index in [1.165, 1.54) is 5.56 Å². The highest BCUT2D eigenvalue weighted by atomic mass is 16.5. The standard InChI is InChI=1S/C18H18N2O/c1-13-11-18(16-5-3-4-6-17(16)20-13)21-15-9-7-14(8-10-15)12-19-2/h3-11,19H,12H2,1-2H3. The van der Waals surface area contributed by atoms with Gasteiger partial charge in [-0.15, -0.1) is 0 Å². The van der Waals surface area contributed by atoms with Crippen molar-refractivity contribution in [3.05, 3.63) is 65.9 Å². The van der Waals surface area contributed by atoms with E-state index in [4.69, 9.17) is 4.74 Å². The molecule has 1 N–H and O–H groups in total. The minimum Gasteiger partial charge on any atom is -0.457 e. The molecule has 3 aromatic rings. The van der Waals surface area contributed by atoms with Crippen LogP contribution in [0.4, 0.5) is 0 Å². The number of fused-ring (bicyclic) bond motifs is 1. The van der Waals surface area contributed by atoms with Gasteiger partial charge in [0, 0.05) is 23.7 Å². The Morgan fingerprint density at radius 3 is 2.57 bits per heavy atom. The molecule has 0 atom stereocenters. The topological polar surface area (TPSA) is 34.1 Å². The third kappa shape index (κ3) is 3.03. The lowest BCUT2D eigenvalue weighted by Gasteiger charge is -2.10. The predicted octanol–water partition coefficient (Wildman–Crippen LogP) is 4.05. The average Bonchev–Trinajstić information content (AvgIpc) is 2.49. The van der Waals surface area contributed by atoms with Gasteiger partial charge in [-0.05, 0) is 43.8 Å². The van der Waals surface area contributed by atoms with Crippen LogP contribution in [0.25, 0.3) is 10.9 Å². The second kappa shape index (κ2) is 5.94. The van der Waals surface area contributed by atoms with E-state index >= 15 is 0 Å². The minimum absolute atomic E-state index is 0.839. The molecule has 2 aromatic carbocycles. The number of nitrogens with one attached hydrogen (secondary N) is 1. The van der Waals surface area contributed by atoms with Crippen LogP contribution in [0.1, 0.15) is 11.3 Å². The molecule has 0 aliphatic rings. The maximum Gasteiger partial charge on any atom is 0.138 e. The highest BCUT2D eigenvalue weighted by Gasteiger charge is 2.06. The third-order valence-corrected chi connectivity index (χ3v) is 3.34. The second-order valence-corrected chi connectivity index (χ2v) is 5.06. The smallest absolute Gasteiger partial charge is 0.138 e. The zero-order chi connectivity index (χ0) is 14.7. The average molecular weight is 278 g/mol. The molecular formula is C18H18N2O. The SMILES string of the molecule is CNCc1ccc(Oc2cc(C)nc3ccccc23)cc1. The summed E-state index contributed by atoms with van der Waals surface area (Å²) in [5.74, 6) is 1.69. The maximum atomic E-state index is 6.05. The molecule has 1 heterocycles. The van der Waals surface area contributed by atoms with Crippen molar-refractivity contribution in [3.63, 3.8) is 0 Å². The molecule has 0 radical (unpaired) electrons. The lowest BCUT2D eigenvalue weighted by molar-refractivity contribution is 0.487. The van der Waals surface area contributed by atoms with E-state index in [1.807, 2.05) is 56.4 Å². The number of aromatic nitrogens is 1. The molecule has 3 rings (SSSR count). The number of pyridine rings is 1. The van der Waals surface area contributed by atoms with Crippen LogP contribution in [0, 0.1) is 6.92 Å². The van der Waals surface area contributed by atoms with Gasteiger partial charge in [0.1, 0.15) is 11.5 Å². The normalized spacial score (nSPS) is 10.8. The Bertz CT molecular complexity index is 751. The van der Waals surface area contributed by atoms with Gasteiger partial charge < -0.3 is 10.1 Å². The van der Waals surface area contributed by atoms with Gasteiger partial charge in [-0.25, -0.2) is 0 Å². The van der Waals surface area contributed by atoms with E-state index in [0.717, 1.165) is 34.6 Å². The number of nitrogens with zero attached hydrogens (tertiary/aromatic N) is 1. The number of para-hydroxylation sites is 1. The van der Waals surface area contributed by atoms with Crippen molar-refractivity contribution in [2.75, 3.05) is 7.05 Å². The van der Waals surface area contributed by atoms with Crippen LogP contribution in [0.2, 0.25) is 0 Å². The Morgan fingerprint density at radius 2 is 1.81 bits per heavy atom. The molecular weight excluding hydrogens is 260 g/mol. The summed E-state index contributed by atoms with van der Waals surface area (Å²) in [4.78, 5) is 4.53. The Labute approximate surface area is 124 Å². The summed E-state index contributed by atoms with van der Waals surface area (Å²) < 4.78 is 6.05. The van der Waals surface area contributed by atoms with E-state index in [0.29, 0.717) is 0 Å². The molecule has 0 aliphatic carbocycles. The van der Waals surface area contributed by atoms with Crippen LogP contribution >= 0.6 is 0 Å². The monoisotopic (exact) mass is 278 g/mol. The van der Waals surface area contributed by atoms with Crippen LogP contribution in [0.3, 0.4) is 0 Å². The lowest BCUT2D eigenvalue weighted by Crippen LogP contribution is -2.04. The molecule has 0 spiro atoms. The first-order chi connectivity index (χ1) is 10.3. The molecule has 0 aliphatic heterocycles. The first-order valence-corrected chi connectivity index (χ1v) is 7.04. The third-order valence-electron chi connectivity index (χ3n) is 3.34. The fraction of sp³-hybridized carbons (Fsp3) is 0.167. The molecule has 0 unspecified atom stereocenters. The molecule has 0 amide bonds. The van der Waals surface area contributed by atoms with Crippen molar-refractivity contribution in [1.29, 1.82) is 0 Å². The van der Waals surface area contributed by atoms with Gasteiger partial charge in [-0.2, -0.15) is 0 Å². The van der Waals surface area contributed by atoms with Gasteiger partial charge in [-0.1, -0.05) is 24.3 Å². The number of benzene rings is 2. The van der Waals surface area contributed by atoms with E-state index in [9.17, 15) is 0 Å². The quantitative estimate of drug-likeness (QED) is 0.781. The first kappa shape index (κ1) is 13.6. The fourth-order valence-electron chi connectivity index (χ4n) is 2.36. The minimum atomic E-state index is 0.839. The summed E-state index contributed by atoms with van der Waals surface area (Å²) in [7, 11) is 1.94. The van der Waals surface area contributed by atoms with Crippen LogP contribution in [0.15, 0.2) is 54.6 Å². The highest BCUT2D eigenvalue weighted by molar-refractivity contribution is 5.85. The number of aryl methyl sites for hydroxylation is 1. The van der Waals surface area contributed by atoms with Crippen molar-refractivity contribution in [2.24, 2.45) is 0 Å². The second-order valence-electron chi connectivity index (χ2n) is 5.06. The van der Waals surface area contributed by atoms with Gasteiger partial charge in [-0.3, -0.25) is 4.98 Å². The van der Waals surface area contributed by atoms with Crippen molar-refractivity contribution in [3.8, 4) is 11.5 Å². The van der Waals surface area contributed by atoms with E-state index in [-0.39, 0.29) is 0 Å². The summed E-state index contributed by atoms with van der Waals surface area (Å²) in [5, 5.41) is 4.17. The molecule has 106 valence electrons. The fourth-order valence-corrected chi connectivity index (χ4v) is 2.36. The van der Waals surface area contributed by atoms with Crippen LogP contribution in [0.5, 0.6) is 11.5 Å². The molecule has 0 fully saturated rings. The zero-order valence-corrected chi connectivity index (χ0v) is 12.3. The number of hydrogen-bond acceptors (Lipinski definition) is 3. The molecule has 0 saturated carbocycles. The maximum absolute atomic E-state index is 6.05. The van der Waals surface area contributed by atoms with Crippen molar-refractivity contribution in [2.45, 2.75) is 13.5 Å². The van der Waals surface area contributed by atoms with Gasteiger partial charge in [0.15, 0.2) is 0 Å². The van der Waals surface area contributed by atoms with Gasteiger partial charge in [0.05, 0.1) is 5.52 Å². The summed E-state index contributed by atoms with van der Waals surface area (Å²) in [5.41, 5.74) is 3.15. The summed E-state index contributed by atoms with van der Waals surface area (Å²) in [6.07, 6.45) is 0. The van der Waals surface area contributed by atoms with E-state index < -0.39 is 0 Å². The Kier molecular flexibility index (Phi) is 3.84. The lowest BCUT2D eigenvalue weighted by atomic mass is 10.2. The van der Waals surface area contributed by atoms with Gasteiger partial charge in [0.25, 0.3) is 0 Å². The largest absolute Gasteiger partial charge is 0.457 e. The molecule has 3 nitrogen and oxygen atoms in total. The zero-order valence-electron chi connectivity index (χ0n) is 12.3. The summed E-state index contributed by atoms with van der Waals surface area (Å²) in [6.45, 7) is 2.84. The van der Waals surface area contributed by atoms with Gasteiger partial charge in [0.2, 0.25) is 0 Å². The Balaban J connectivity index is 1.94. The summed E-state index contributed by atoms with van der Waals surface area (Å²) >= 11 is 0. The Hall–Kier alpha value is -2.39. The number of hydrogen-bond donors (Lipinski definition) is 1.